The molecule has 0 aliphatic carbocycles. The van der Waals surface area contributed by atoms with E-state index in [0.717, 1.165) is 42.6 Å². The number of rotatable bonds is 7. The van der Waals surface area contributed by atoms with Crippen molar-refractivity contribution in [1.82, 2.24) is 9.88 Å². The number of hydrogen-bond donors (Lipinski definition) is 1. The Hall–Kier alpha value is -1.13. The van der Waals surface area contributed by atoms with Gasteiger partial charge in [0.2, 0.25) is 0 Å². The second-order valence-corrected chi connectivity index (χ2v) is 5.74. The van der Waals surface area contributed by atoms with Gasteiger partial charge in [-0.05, 0) is 50.3 Å². The summed E-state index contributed by atoms with van der Waals surface area (Å²) in [5, 5.41) is 4.71. The molecule has 0 radical (unpaired) electrons. The number of anilines is 1. The zero-order valence-corrected chi connectivity index (χ0v) is 13.8. The van der Waals surface area contributed by atoms with Crippen LogP contribution in [0.4, 0.5) is 5.69 Å². The van der Waals surface area contributed by atoms with Gasteiger partial charge in [0.1, 0.15) is 0 Å². The standard InChI is InChI=1S/C16H22BrN3/c1-3-20(4-2)11-5-9-18-15-8-10-19-16-12-13(17)6-7-14(15)16/h6-8,10,12H,3-5,9,11H2,1-2H3,(H,18,19). The van der Waals surface area contributed by atoms with Crippen LogP contribution in [-0.4, -0.2) is 36.1 Å². The molecule has 108 valence electrons. The Kier molecular flexibility index (Phi) is 5.80. The minimum absolute atomic E-state index is 0.992. The predicted molar refractivity (Wildman–Crippen MR) is 90.3 cm³/mol. The van der Waals surface area contributed by atoms with Crippen molar-refractivity contribution >= 4 is 32.5 Å². The van der Waals surface area contributed by atoms with Gasteiger partial charge in [-0.3, -0.25) is 4.98 Å². The fourth-order valence-electron chi connectivity index (χ4n) is 2.34. The number of pyridine rings is 1. The van der Waals surface area contributed by atoms with Crippen LogP contribution in [0.5, 0.6) is 0 Å². The molecule has 1 heterocycles. The van der Waals surface area contributed by atoms with Gasteiger partial charge in [0.15, 0.2) is 0 Å². The first-order chi connectivity index (χ1) is 9.74. The largest absolute Gasteiger partial charge is 0.384 e. The van der Waals surface area contributed by atoms with Gasteiger partial charge in [0.05, 0.1) is 5.52 Å². The highest BCUT2D eigenvalue weighted by Gasteiger charge is 2.03. The quantitative estimate of drug-likeness (QED) is 0.770. The van der Waals surface area contributed by atoms with Gasteiger partial charge in [-0.25, -0.2) is 0 Å². The van der Waals surface area contributed by atoms with Crippen molar-refractivity contribution in [2.24, 2.45) is 0 Å². The van der Waals surface area contributed by atoms with Gasteiger partial charge in [-0.1, -0.05) is 29.8 Å². The molecule has 0 fully saturated rings. The predicted octanol–water partition coefficient (Wildman–Crippen LogP) is 4.14. The van der Waals surface area contributed by atoms with E-state index in [1.807, 2.05) is 12.3 Å². The zero-order chi connectivity index (χ0) is 14.4. The summed E-state index contributed by atoms with van der Waals surface area (Å²) in [7, 11) is 0. The molecule has 3 nitrogen and oxygen atoms in total. The van der Waals surface area contributed by atoms with Crippen LogP contribution in [0, 0.1) is 0 Å². The molecule has 0 saturated heterocycles. The Labute approximate surface area is 129 Å². The fraction of sp³-hybridized carbons (Fsp3) is 0.438. The topological polar surface area (TPSA) is 28.2 Å². The van der Waals surface area contributed by atoms with Crippen molar-refractivity contribution < 1.29 is 0 Å². The van der Waals surface area contributed by atoms with Gasteiger partial charge >= 0.3 is 0 Å². The van der Waals surface area contributed by atoms with Gasteiger partial charge in [0, 0.05) is 28.3 Å². The molecule has 0 atom stereocenters. The molecule has 0 saturated carbocycles. The first kappa shape index (κ1) is 15.3. The second kappa shape index (κ2) is 7.60. The van der Waals surface area contributed by atoms with Crippen molar-refractivity contribution in [1.29, 1.82) is 0 Å². The highest BCUT2D eigenvalue weighted by Crippen LogP contribution is 2.24. The molecule has 1 aromatic heterocycles. The van der Waals surface area contributed by atoms with Crippen LogP contribution < -0.4 is 5.32 Å². The van der Waals surface area contributed by atoms with Crippen LogP contribution in [0.25, 0.3) is 10.9 Å². The van der Waals surface area contributed by atoms with Crippen LogP contribution in [0.15, 0.2) is 34.9 Å². The number of nitrogens with zero attached hydrogens (tertiary/aromatic N) is 2. The average Bonchev–Trinajstić information content (AvgIpc) is 2.47. The van der Waals surface area contributed by atoms with Crippen LogP contribution in [0.3, 0.4) is 0 Å². The lowest BCUT2D eigenvalue weighted by molar-refractivity contribution is 0.303. The van der Waals surface area contributed by atoms with E-state index in [1.165, 1.54) is 11.1 Å². The minimum atomic E-state index is 0.992. The molecule has 0 aliphatic rings. The van der Waals surface area contributed by atoms with Crippen LogP contribution in [0.1, 0.15) is 20.3 Å². The van der Waals surface area contributed by atoms with Crippen molar-refractivity contribution in [2.75, 3.05) is 31.5 Å². The molecule has 2 aromatic rings. The summed E-state index contributed by atoms with van der Waals surface area (Å²) in [5.74, 6) is 0. The number of benzene rings is 1. The van der Waals surface area contributed by atoms with E-state index in [1.54, 1.807) is 0 Å². The number of halogens is 1. The van der Waals surface area contributed by atoms with Gasteiger partial charge in [-0.2, -0.15) is 0 Å². The summed E-state index contributed by atoms with van der Waals surface area (Å²) >= 11 is 3.49. The van der Waals surface area contributed by atoms with Gasteiger partial charge in [0.25, 0.3) is 0 Å². The highest BCUT2D eigenvalue weighted by atomic mass is 79.9. The Morgan fingerprint density at radius 2 is 2.00 bits per heavy atom. The summed E-state index contributed by atoms with van der Waals surface area (Å²) in [4.78, 5) is 6.86. The molecular formula is C16H22BrN3. The second-order valence-electron chi connectivity index (χ2n) is 4.83. The number of hydrogen-bond acceptors (Lipinski definition) is 3. The van der Waals surface area contributed by atoms with Crippen LogP contribution in [0.2, 0.25) is 0 Å². The first-order valence-corrected chi connectivity index (χ1v) is 8.04. The lowest BCUT2D eigenvalue weighted by Crippen LogP contribution is -2.25. The SMILES string of the molecule is CCN(CC)CCCNc1ccnc2cc(Br)ccc12. The van der Waals surface area contributed by atoms with E-state index in [4.69, 9.17) is 0 Å². The summed E-state index contributed by atoms with van der Waals surface area (Å²) in [5.41, 5.74) is 2.19. The number of nitrogens with one attached hydrogen (secondary N) is 1. The summed E-state index contributed by atoms with van der Waals surface area (Å²) < 4.78 is 1.07. The molecule has 4 heteroatoms. The van der Waals surface area contributed by atoms with Crippen LogP contribution >= 0.6 is 15.9 Å². The fourth-order valence-corrected chi connectivity index (χ4v) is 2.69. The van der Waals surface area contributed by atoms with E-state index in [0.29, 0.717) is 0 Å². The summed E-state index contributed by atoms with van der Waals surface area (Å²) in [6.45, 7) is 8.82. The molecule has 1 N–H and O–H groups in total. The molecular weight excluding hydrogens is 314 g/mol. The zero-order valence-electron chi connectivity index (χ0n) is 12.2. The van der Waals surface area contributed by atoms with Gasteiger partial charge in [-0.15, -0.1) is 0 Å². The Balaban J connectivity index is 1.96. The maximum absolute atomic E-state index is 4.41. The third kappa shape index (κ3) is 3.93. The molecule has 0 bridgehead atoms. The molecule has 0 spiro atoms. The van der Waals surface area contributed by atoms with Crippen molar-refractivity contribution in [2.45, 2.75) is 20.3 Å². The monoisotopic (exact) mass is 335 g/mol. The Morgan fingerprint density at radius 3 is 2.75 bits per heavy atom. The van der Waals surface area contributed by atoms with E-state index in [9.17, 15) is 0 Å². The van der Waals surface area contributed by atoms with E-state index >= 15 is 0 Å². The smallest absolute Gasteiger partial charge is 0.0733 e. The third-order valence-electron chi connectivity index (χ3n) is 3.57. The minimum Gasteiger partial charge on any atom is -0.384 e. The van der Waals surface area contributed by atoms with Gasteiger partial charge < -0.3 is 10.2 Å². The van der Waals surface area contributed by atoms with Crippen molar-refractivity contribution in [3.63, 3.8) is 0 Å². The molecule has 20 heavy (non-hydrogen) atoms. The molecule has 0 aliphatic heterocycles. The van der Waals surface area contributed by atoms with Crippen molar-refractivity contribution in [3.05, 3.63) is 34.9 Å². The number of aromatic nitrogens is 1. The van der Waals surface area contributed by atoms with E-state index < -0.39 is 0 Å². The van der Waals surface area contributed by atoms with E-state index in [-0.39, 0.29) is 0 Å². The Morgan fingerprint density at radius 1 is 1.20 bits per heavy atom. The third-order valence-corrected chi connectivity index (χ3v) is 4.06. The molecule has 2 rings (SSSR count). The maximum atomic E-state index is 4.41. The van der Waals surface area contributed by atoms with Crippen molar-refractivity contribution in [3.8, 4) is 0 Å². The Bertz CT molecular complexity index is 552. The van der Waals surface area contributed by atoms with E-state index in [2.05, 4.69) is 63.2 Å². The lowest BCUT2D eigenvalue weighted by Gasteiger charge is -2.18. The normalized spacial score (nSPS) is 11.2. The lowest BCUT2D eigenvalue weighted by atomic mass is 10.2. The first-order valence-electron chi connectivity index (χ1n) is 7.25. The summed E-state index contributed by atoms with van der Waals surface area (Å²) in [6.07, 6.45) is 3.02. The average molecular weight is 336 g/mol. The molecule has 1 aromatic carbocycles. The molecule has 0 amide bonds. The highest BCUT2D eigenvalue weighted by molar-refractivity contribution is 9.10. The molecule has 0 unspecified atom stereocenters. The number of fused-ring (bicyclic) bond motifs is 1. The maximum Gasteiger partial charge on any atom is 0.0733 e. The summed E-state index contributed by atoms with van der Waals surface area (Å²) in [6, 6.07) is 8.27. The van der Waals surface area contributed by atoms with Crippen LogP contribution in [-0.2, 0) is 0 Å².